The van der Waals surface area contributed by atoms with E-state index in [0.29, 0.717) is 13.0 Å². The molecule has 4 heterocycles. The molecule has 0 aliphatic carbocycles. The third-order valence-corrected chi connectivity index (χ3v) is 5.00. The highest BCUT2D eigenvalue weighted by Crippen LogP contribution is 2.20. The van der Waals surface area contributed by atoms with Crippen LogP contribution in [0.3, 0.4) is 0 Å². The molecule has 8 nitrogen and oxygen atoms in total. The highest BCUT2D eigenvalue weighted by Gasteiger charge is 2.19. The molecule has 29 heavy (non-hydrogen) atoms. The van der Waals surface area contributed by atoms with Crippen molar-refractivity contribution in [3.63, 3.8) is 0 Å². The summed E-state index contributed by atoms with van der Waals surface area (Å²) in [5.74, 6) is 1.87. The van der Waals surface area contributed by atoms with Crippen molar-refractivity contribution < 1.29 is 4.79 Å². The number of fused-ring (bicyclic) bond motifs is 1. The molecule has 1 fully saturated rings. The molecule has 150 valence electrons. The first kappa shape index (κ1) is 18.9. The van der Waals surface area contributed by atoms with Crippen LogP contribution in [0.2, 0.25) is 0 Å². The average molecular weight is 391 g/mol. The van der Waals surface area contributed by atoms with Crippen molar-refractivity contribution in [3.05, 3.63) is 54.5 Å². The lowest BCUT2D eigenvalue weighted by Crippen LogP contribution is -2.27. The van der Waals surface area contributed by atoms with E-state index in [9.17, 15) is 4.79 Å². The second kappa shape index (κ2) is 8.72. The SMILES string of the molecule is C=Cc1cnn2c(NCc3cccnc3)cc(NCCCN3CCCC3=O)nc12. The Morgan fingerprint density at radius 2 is 2.21 bits per heavy atom. The number of amides is 1. The Morgan fingerprint density at radius 3 is 2.97 bits per heavy atom. The summed E-state index contributed by atoms with van der Waals surface area (Å²) in [5.41, 5.74) is 2.70. The van der Waals surface area contributed by atoms with Crippen molar-refractivity contribution in [2.24, 2.45) is 0 Å². The Balaban J connectivity index is 1.46. The van der Waals surface area contributed by atoms with Crippen LogP contribution < -0.4 is 10.6 Å². The Labute approximate surface area is 169 Å². The van der Waals surface area contributed by atoms with E-state index < -0.39 is 0 Å². The molecule has 0 atom stereocenters. The first-order valence-electron chi connectivity index (χ1n) is 9.90. The fourth-order valence-corrected chi connectivity index (χ4v) is 3.46. The number of anilines is 2. The maximum Gasteiger partial charge on any atom is 0.222 e. The molecule has 2 N–H and O–H groups in total. The number of likely N-dealkylation sites (tertiary alicyclic amines) is 1. The van der Waals surface area contributed by atoms with E-state index in [4.69, 9.17) is 4.98 Å². The van der Waals surface area contributed by atoms with Gasteiger partial charge in [-0.2, -0.15) is 9.61 Å². The van der Waals surface area contributed by atoms with Crippen LogP contribution in [-0.4, -0.2) is 50.0 Å². The van der Waals surface area contributed by atoms with Gasteiger partial charge in [0.15, 0.2) is 5.65 Å². The van der Waals surface area contributed by atoms with E-state index >= 15 is 0 Å². The van der Waals surface area contributed by atoms with E-state index in [0.717, 1.165) is 60.9 Å². The zero-order valence-electron chi connectivity index (χ0n) is 16.3. The summed E-state index contributed by atoms with van der Waals surface area (Å²) in [6.07, 6.45) is 9.64. The molecule has 0 bridgehead atoms. The van der Waals surface area contributed by atoms with Crippen molar-refractivity contribution >= 4 is 29.3 Å². The molecule has 3 aromatic rings. The number of carbonyl (C=O) groups is 1. The molecule has 4 rings (SSSR count). The van der Waals surface area contributed by atoms with Crippen LogP contribution in [0.15, 0.2) is 43.4 Å². The highest BCUT2D eigenvalue weighted by atomic mass is 16.2. The number of hydrogen-bond acceptors (Lipinski definition) is 6. The minimum atomic E-state index is 0.265. The van der Waals surface area contributed by atoms with Gasteiger partial charge in [-0.25, -0.2) is 4.98 Å². The standard InChI is InChI=1S/C21H25N7O/c1-2-17-15-25-28-19(24-14-16-6-3-8-22-13-16)12-18(26-21(17)28)23-9-5-11-27-10-4-7-20(27)29/h2-3,6,8,12-13,15,24H,1,4-5,7,9-11,14H2,(H,23,26). The summed E-state index contributed by atoms with van der Waals surface area (Å²) in [6, 6.07) is 5.89. The van der Waals surface area contributed by atoms with E-state index in [1.54, 1.807) is 23.0 Å². The normalized spacial score (nSPS) is 13.8. The number of nitrogens with zero attached hydrogens (tertiary/aromatic N) is 5. The van der Waals surface area contributed by atoms with E-state index in [1.807, 2.05) is 29.3 Å². The molecule has 0 aromatic carbocycles. The first-order chi connectivity index (χ1) is 14.2. The topological polar surface area (TPSA) is 87.5 Å². The van der Waals surface area contributed by atoms with E-state index in [-0.39, 0.29) is 5.91 Å². The fourth-order valence-electron chi connectivity index (χ4n) is 3.46. The second-order valence-corrected chi connectivity index (χ2v) is 7.05. The maximum absolute atomic E-state index is 11.7. The van der Waals surface area contributed by atoms with Crippen LogP contribution >= 0.6 is 0 Å². The van der Waals surface area contributed by atoms with Crippen molar-refractivity contribution in [1.29, 1.82) is 0 Å². The first-order valence-corrected chi connectivity index (χ1v) is 9.90. The molecular weight excluding hydrogens is 366 g/mol. The average Bonchev–Trinajstić information content (AvgIpc) is 3.36. The fraction of sp³-hybridized carbons (Fsp3) is 0.333. The Bertz CT molecular complexity index is 999. The number of aromatic nitrogens is 4. The number of hydrogen-bond donors (Lipinski definition) is 2. The monoisotopic (exact) mass is 391 g/mol. The molecule has 0 unspecified atom stereocenters. The molecule has 3 aromatic heterocycles. The maximum atomic E-state index is 11.7. The number of nitrogens with one attached hydrogen (secondary N) is 2. The summed E-state index contributed by atoms with van der Waals surface area (Å²) in [7, 11) is 0. The summed E-state index contributed by atoms with van der Waals surface area (Å²) in [4.78, 5) is 22.5. The van der Waals surface area contributed by atoms with Gasteiger partial charge in [-0.3, -0.25) is 9.78 Å². The molecule has 1 aliphatic rings. The number of pyridine rings is 1. The lowest BCUT2D eigenvalue weighted by atomic mass is 10.3. The van der Waals surface area contributed by atoms with Gasteiger partial charge in [-0.1, -0.05) is 18.7 Å². The van der Waals surface area contributed by atoms with Crippen LogP contribution in [0, 0.1) is 0 Å². The Hall–Kier alpha value is -3.42. The van der Waals surface area contributed by atoms with Crippen molar-refractivity contribution in [3.8, 4) is 0 Å². The second-order valence-electron chi connectivity index (χ2n) is 7.05. The van der Waals surface area contributed by atoms with Gasteiger partial charge in [0.2, 0.25) is 5.91 Å². The molecule has 1 aliphatic heterocycles. The van der Waals surface area contributed by atoms with Crippen LogP contribution in [-0.2, 0) is 11.3 Å². The van der Waals surface area contributed by atoms with Crippen LogP contribution in [0.5, 0.6) is 0 Å². The van der Waals surface area contributed by atoms with Crippen molar-refractivity contribution in [1.82, 2.24) is 24.5 Å². The summed E-state index contributed by atoms with van der Waals surface area (Å²) >= 11 is 0. The van der Waals surface area contributed by atoms with Gasteiger partial charge >= 0.3 is 0 Å². The molecule has 1 amide bonds. The zero-order chi connectivity index (χ0) is 20.1. The molecule has 0 radical (unpaired) electrons. The largest absolute Gasteiger partial charge is 0.370 e. The van der Waals surface area contributed by atoms with Gasteiger partial charge in [0.25, 0.3) is 0 Å². The smallest absolute Gasteiger partial charge is 0.222 e. The zero-order valence-corrected chi connectivity index (χ0v) is 16.3. The molecule has 1 saturated heterocycles. The lowest BCUT2D eigenvalue weighted by molar-refractivity contribution is -0.127. The van der Waals surface area contributed by atoms with Gasteiger partial charge in [-0.05, 0) is 24.5 Å². The minimum absolute atomic E-state index is 0.265. The van der Waals surface area contributed by atoms with Crippen LogP contribution in [0.1, 0.15) is 30.4 Å². The minimum Gasteiger partial charge on any atom is -0.370 e. The quantitative estimate of drug-likeness (QED) is 0.546. The summed E-state index contributed by atoms with van der Waals surface area (Å²) in [5, 5.41) is 11.2. The van der Waals surface area contributed by atoms with Gasteiger partial charge in [0.05, 0.1) is 6.20 Å². The van der Waals surface area contributed by atoms with Gasteiger partial charge < -0.3 is 15.5 Å². The van der Waals surface area contributed by atoms with Gasteiger partial charge in [0, 0.05) is 56.6 Å². The molecule has 0 saturated carbocycles. The van der Waals surface area contributed by atoms with Gasteiger partial charge in [-0.15, -0.1) is 0 Å². The van der Waals surface area contributed by atoms with Crippen molar-refractivity contribution in [2.45, 2.75) is 25.8 Å². The summed E-state index contributed by atoms with van der Waals surface area (Å²) in [6.45, 7) is 6.89. The molecular formula is C21H25N7O. The molecule has 8 heteroatoms. The third-order valence-electron chi connectivity index (χ3n) is 5.00. The van der Waals surface area contributed by atoms with E-state index in [1.165, 1.54) is 0 Å². The number of rotatable bonds is 9. The predicted molar refractivity (Wildman–Crippen MR) is 114 cm³/mol. The van der Waals surface area contributed by atoms with Crippen LogP contribution in [0.4, 0.5) is 11.6 Å². The molecule has 0 spiro atoms. The van der Waals surface area contributed by atoms with Crippen molar-refractivity contribution in [2.75, 3.05) is 30.3 Å². The Kier molecular flexibility index (Phi) is 5.69. The third kappa shape index (κ3) is 4.37. The lowest BCUT2D eigenvalue weighted by Gasteiger charge is -2.16. The van der Waals surface area contributed by atoms with Gasteiger partial charge in [0.1, 0.15) is 11.6 Å². The van der Waals surface area contributed by atoms with Crippen LogP contribution in [0.25, 0.3) is 11.7 Å². The number of carbonyl (C=O) groups excluding carboxylic acids is 1. The summed E-state index contributed by atoms with van der Waals surface area (Å²) < 4.78 is 1.78. The van der Waals surface area contributed by atoms with E-state index in [2.05, 4.69) is 27.3 Å². The highest BCUT2D eigenvalue weighted by molar-refractivity contribution is 5.78. The predicted octanol–water partition coefficient (Wildman–Crippen LogP) is 2.80. The Morgan fingerprint density at radius 1 is 1.28 bits per heavy atom.